The lowest BCUT2D eigenvalue weighted by Crippen LogP contribution is -2.45. The van der Waals surface area contributed by atoms with E-state index in [9.17, 15) is 13.6 Å². The van der Waals surface area contributed by atoms with Crippen molar-refractivity contribution >= 4 is 11.9 Å². The van der Waals surface area contributed by atoms with Crippen molar-refractivity contribution < 1.29 is 13.6 Å². The summed E-state index contributed by atoms with van der Waals surface area (Å²) in [7, 11) is 0. The molecule has 154 valence electrons. The minimum absolute atomic E-state index is 0.176. The molecule has 1 atom stereocenters. The number of benzene rings is 1. The number of carbonyl (C=O) groups excluding carboxylic acids is 1. The Kier molecular flexibility index (Phi) is 7.23. The Bertz CT molecular complexity index is 683. The van der Waals surface area contributed by atoms with E-state index >= 15 is 0 Å². The molecule has 3 rings (SSSR count). The molecular formula is C21H30F2N4O. The van der Waals surface area contributed by atoms with Gasteiger partial charge in [-0.15, -0.1) is 0 Å². The third-order valence-corrected chi connectivity index (χ3v) is 5.48. The van der Waals surface area contributed by atoms with Crippen LogP contribution < -0.4 is 10.6 Å². The number of guanidine groups is 1. The van der Waals surface area contributed by atoms with Gasteiger partial charge < -0.3 is 15.5 Å². The first kappa shape index (κ1) is 20.6. The van der Waals surface area contributed by atoms with Crippen LogP contribution in [0.2, 0.25) is 0 Å². The number of nitrogens with one attached hydrogen (secondary N) is 2. The molecule has 1 saturated carbocycles. The second-order valence-electron chi connectivity index (χ2n) is 7.68. The summed E-state index contributed by atoms with van der Waals surface area (Å²) in [6.07, 6.45) is 5.74. The van der Waals surface area contributed by atoms with Gasteiger partial charge >= 0.3 is 0 Å². The van der Waals surface area contributed by atoms with Gasteiger partial charge in [0.25, 0.3) is 0 Å². The van der Waals surface area contributed by atoms with Gasteiger partial charge in [0.05, 0.1) is 0 Å². The van der Waals surface area contributed by atoms with E-state index in [0.717, 1.165) is 38.4 Å². The fourth-order valence-corrected chi connectivity index (χ4v) is 4.07. The van der Waals surface area contributed by atoms with Crippen molar-refractivity contribution in [2.75, 3.05) is 26.2 Å². The third-order valence-electron chi connectivity index (χ3n) is 5.48. The summed E-state index contributed by atoms with van der Waals surface area (Å²) in [6.45, 7) is 4.63. The highest BCUT2D eigenvalue weighted by molar-refractivity contribution is 5.81. The van der Waals surface area contributed by atoms with Crippen LogP contribution in [-0.2, 0) is 11.2 Å². The van der Waals surface area contributed by atoms with E-state index in [1.807, 2.05) is 11.8 Å². The van der Waals surface area contributed by atoms with Crippen molar-refractivity contribution in [3.8, 4) is 0 Å². The predicted molar refractivity (Wildman–Crippen MR) is 106 cm³/mol. The van der Waals surface area contributed by atoms with Gasteiger partial charge in [-0.2, -0.15) is 0 Å². The van der Waals surface area contributed by atoms with Gasteiger partial charge in [-0.1, -0.05) is 12.8 Å². The van der Waals surface area contributed by atoms with E-state index in [2.05, 4.69) is 15.6 Å². The Labute approximate surface area is 165 Å². The standard InChI is InChI=1S/C21H30F2N4O/c1-2-24-21(25-9-7-15-11-17(22)13-18(23)12-15)26-19-8-10-27(14-19)20(28)16-5-3-4-6-16/h11-13,16,19H,2-10,14H2,1H3,(H2,24,25,26). The normalized spacial score (nSPS) is 20.6. The van der Waals surface area contributed by atoms with Crippen LogP contribution in [0.25, 0.3) is 0 Å². The van der Waals surface area contributed by atoms with E-state index in [1.165, 1.54) is 25.0 Å². The molecule has 0 aromatic heterocycles. The summed E-state index contributed by atoms with van der Waals surface area (Å²) in [5.41, 5.74) is 0.589. The Hall–Kier alpha value is -2.18. The van der Waals surface area contributed by atoms with E-state index in [-0.39, 0.29) is 12.0 Å². The van der Waals surface area contributed by atoms with Crippen molar-refractivity contribution in [1.29, 1.82) is 0 Å². The molecular weight excluding hydrogens is 362 g/mol. The lowest BCUT2D eigenvalue weighted by molar-refractivity contribution is -0.134. The topological polar surface area (TPSA) is 56.7 Å². The molecule has 28 heavy (non-hydrogen) atoms. The van der Waals surface area contributed by atoms with Crippen LogP contribution in [0.1, 0.15) is 44.6 Å². The zero-order valence-corrected chi connectivity index (χ0v) is 16.5. The first-order valence-corrected chi connectivity index (χ1v) is 10.3. The fourth-order valence-electron chi connectivity index (χ4n) is 4.07. The zero-order valence-electron chi connectivity index (χ0n) is 16.5. The van der Waals surface area contributed by atoms with Gasteiger partial charge in [-0.3, -0.25) is 9.79 Å². The molecule has 1 aromatic rings. The maximum Gasteiger partial charge on any atom is 0.225 e. The molecule has 1 amide bonds. The summed E-state index contributed by atoms with van der Waals surface area (Å²) in [4.78, 5) is 19.1. The number of nitrogens with zero attached hydrogens (tertiary/aromatic N) is 2. The van der Waals surface area contributed by atoms with E-state index in [0.29, 0.717) is 36.9 Å². The highest BCUT2D eigenvalue weighted by Crippen LogP contribution is 2.27. The molecule has 1 aliphatic heterocycles. The van der Waals surface area contributed by atoms with Crippen molar-refractivity contribution in [1.82, 2.24) is 15.5 Å². The lowest BCUT2D eigenvalue weighted by Gasteiger charge is -2.21. The molecule has 1 unspecified atom stereocenters. The number of aliphatic imine (C=N–C) groups is 1. The van der Waals surface area contributed by atoms with E-state index < -0.39 is 11.6 Å². The largest absolute Gasteiger partial charge is 0.357 e. The van der Waals surface area contributed by atoms with Crippen LogP contribution in [0.15, 0.2) is 23.2 Å². The molecule has 5 nitrogen and oxygen atoms in total. The highest BCUT2D eigenvalue weighted by Gasteiger charge is 2.32. The Morgan fingerprint density at radius 3 is 2.57 bits per heavy atom. The lowest BCUT2D eigenvalue weighted by atomic mass is 10.1. The number of hydrogen-bond donors (Lipinski definition) is 2. The number of carbonyl (C=O) groups is 1. The van der Waals surface area contributed by atoms with Gasteiger partial charge in [-0.05, 0) is 50.3 Å². The molecule has 1 aromatic carbocycles. The van der Waals surface area contributed by atoms with Crippen LogP contribution in [0.3, 0.4) is 0 Å². The minimum Gasteiger partial charge on any atom is -0.357 e. The number of amides is 1. The predicted octanol–water partition coefficient (Wildman–Crippen LogP) is 2.85. The van der Waals surface area contributed by atoms with Gasteiger partial charge in [0.1, 0.15) is 11.6 Å². The molecule has 2 N–H and O–H groups in total. The number of rotatable bonds is 6. The van der Waals surface area contributed by atoms with Crippen LogP contribution in [0.4, 0.5) is 8.78 Å². The Morgan fingerprint density at radius 1 is 1.18 bits per heavy atom. The second kappa shape index (κ2) is 9.85. The second-order valence-corrected chi connectivity index (χ2v) is 7.68. The van der Waals surface area contributed by atoms with Crippen LogP contribution in [-0.4, -0.2) is 49.0 Å². The molecule has 1 saturated heterocycles. The summed E-state index contributed by atoms with van der Waals surface area (Å²) >= 11 is 0. The van der Waals surface area contributed by atoms with Gasteiger partial charge in [0.15, 0.2) is 5.96 Å². The Morgan fingerprint density at radius 2 is 1.89 bits per heavy atom. The summed E-state index contributed by atoms with van der Waals surface area (Å²) in [5.74, 6) is 0.0627. The maximum atomic E-state index is 13.3. The average Bonchev–Trinajstić information content (AvgIpc) is 3.32. The molecule has 0 radical (unpaired) electrons. The zero-order chi connectivity index (χ0) is 19.9. The molecule has 0 spiro atoms. The van der Waals surface area contributed by atoms with Gasteiger partial charge in [-0.25, -0.2) is 8.78 Å². The molecule has 7 heteroatoms. The molecule has 1 heterocycles. The van der Waals surface area contributed by atoms with Crippen LogP contribution in [0, 0.1) is 17.6 Å². The van der Waals surface area contributed by atoms with Gasteiger partial charge in [0, 0.05) is 44.2 Å². The summed E-state index contributed by atoms with van der Waals surface area (Å²) in [5, 5.41) is 6.60. The summed E-state index contributed by atoms with van der Waals surface area (Å²) < 4.78 is 26.6. The monoisotopic (exact) mass is 392 g/mol. The fraction of sp³-hybridized carbons (Fsp3) is 0.619. The van der Waals surface area contributed by atoms with Crippen molar-refractivity contribution in [2.45, 2.75) is 51.5 Å². The average molecular weight is 392 g/mol. The molecule has 0 bridgehead atoms. The van der Waals surface area contributed by atoms with Gasteiger partial charge in [0.2, 0.25) is 5.91 Å². The van der Waals surface area contributed by atoms with E-state index in [4.69, 9.17) is 0 Å². The Balaban J connectivity index is 1.51. The molecule has 2 fully saturated rings. The highest BCUT2D eigenvalue weighted by atomic mass is 19.1. The summed E-state index contributed by atoms with van der Waals surface area (Å²) in [6, 6.07) is 3.72. The SMILES string of the molecule is CCNC(=NCCc1cc(F)cc(F)c1)NC1CCN(C(=O)C2CCCC2)C1. The van der Waals surface area contributed by atoms with Crippen molar-refractivity contribution in [3.63, 3.8) is 0 Å². The smallest absolute Gasteiger partial charge is 0.225 e. The minimum atomic E-state index is -0.568. The first-order chi connectivity index (χ1) is 13.5. The first-order valence-electron chi connectivity index (χ1n) is 10.3. The number of hydrogen-bond acceptors (Lipinski definition) is 2. The quantitative estimate of drug-likeness (QED) is 0.578. The third kappa shape index (κ3) is 5.66. The maximum absolute atomic E-state index is 13.3. The van der Waals surface area contributed by atoms with Crippen molar-refractivity contribution in [2.24, 2.45) is 10.9 Å². The number of likely N-dealkylation sites (tertiary alicyclic amines) is 1. The molecule has 1 aliphatic carbocycles. The van der Waals surface area contributed by atoms with Crippen LogP contribution in [0.5, 0.6) is 0 Å². The molecule has 2 aliphatic rings. The van der Waals surface area contributed by atoms with Crippen LogP contribution >= 0.6 is 0 Å². The number of halogens is 2. The van der Waals surface area contributed by atoms with Crippen molar-refractivity contribution in [3.05, 3.63) is 35.4 Å². The van der Waals surface area contributed by atoms with E-state index in [1.54, 1.807) is 0 Å².